The number of benzene rings is 8. The molecule has 1 aliphatic rings. The average Bonchev–Trinajstić information content (AvgIpc) is 3.46. The number of aliphatic imine (C=N–C) groups is 2. The molecule has 0 saturated carbocycles. The van der Waals surface area contributed by atoms with Crippen molar-refractivity contribution in [3.63, 3.8) is 0 Å². The molecule has 0 radical (unpaired) electrons. The van der Waals surface area contributed by atoms with Crippen molar-refractivity contribution in [3.05, 3.63) is 201 Å². The van der Waals surface area contributed by atoms with Gasteiger partial charge in [-0.2, -0.15) is 0 Å². The maximum Gasteiger partial charge on any atom is 0.0979 e. The Morgan fingerprint density at radius 3 is 0.793 bits per heavy atom. The smallest absolute Gasteiger partial charge is 0.0979 e. The van der Waals surface area contributed by atoms with Crippen LogP contribution in [0.15, 0.2) is 156 Å². The topological polar surface area (TPSA) is 24.7 Å². The Morgan fingerprint density at radius 1 is 0.276 bits per heavy atom. The molecule has 0 saturated heterocycles. The van der Waals surface area contributed by atoms with Gasteiger partial charge in [-0.25, -0.2) is 9.98 Å². The zero-order valence-electron chi connectivity index (χ0n) is 34.8. The lowest BCUT2D eigenvalue weighted by Gasteiger charge is -2.17. The van der Waals surface area contributed by atoms with Gasteiger partial charge in [-0.3, -0.25) is 0 Å². The number of hydrogen-bond donors (Lipinski definition) is 0. The van der Waals surface area contributed by atoms with Crippen molar-refractivity contribution in [2.24, 2.45) is 9.98 Å². The maximum atomic E-state index is 5.89. The Bertz CT molecular complexity index is 2610. The molecule has 0 N–H and O–H groups in total. The lowest BCUT2D eigenvalue weighted by atomic mass is 9.92. The summed E-state index contributed by atoms with van der Waals surface area (Å²) < 4.78 is 0. The van der Waals surface area contributed by atoms with Gasteiger partial charge in [0, 0.05) is 38.8 Å². The first-order chi connectivity index (χ1) is 28.0. The lowest BCUT2D eigenvalue weighted by molar-refractivity contribution is 1.37. The number of aryl methyl sites for hydroxylation is 8. The summed E-state index contributed by atoms with van der Waals surface area (Å²) in [6.45, 7) is 17.4. The molecule has 9 rings (SSSR count). The zero-order valence-corrected chi connectivity index (χ0v) is 34.8. The third-order valence-corrected chi connectivity index (χ3v) is 11.3. The third kappa shape index (κ3) is 6.90. The summed E-state index contributed by atoms with van der Waals surface area (Å²) in [5, 5.41) is 2.37. The van der Waals surface area contributed by atoms with E-state index in [1.165, 1.54) is 55.3 Å². The van der Waals surface area contributed by atoms with E-state index in [1.807, 2.05) is 0 Å². The first kappa shape index (κ1) is 37.0. The molecule has 0 spiro atoms. The van der Waals surface area contributed by atoms with Gasteiger partial charge < -0.3 is 0 Å². The van der Waals surface area contributed by atoms with E-state index >= 15 is 0 Å². The van der Waals surface area contributed by atoms with E-state index < -0.39 is 0 Å². The van der Waals surface area contributed by atoms with Crippen LogP contribution in [0.25, 0.3) is 55.3 Å². The number of hydrogen-bond acceptors (Lipinski definition) is 2. The molecule has 1 aliphatic carbocycles. The first-order valence-electron chi connectivity index (χ1n) is 20.3. The molecule has 8 aromatic carbocycles. The minimum absolute atomic E-state index is 0.885. The largest absolute Gasteiger partial charge is 0.245 e. The van der Waals surface area contributed by atoms with Gasteiger partial charge in [0.15, 0.2) is 0 Å². The van der Waals surface area contributed by atoms with Gasteiger partial charge in [0.2, 0.25) is 0 Å². The molecule has 0 atom stereocenters. The van der Waals surface area contributed by atoms with Crippen LogP contribution in [0.5, 0.6) is 0 Å². The number of para-hydroxylation sites is 2. The van der Waals surface area contributed by atoms with Gasteiger partial charge in [-0.05, 0) is 83.0 Å². The summed E-state index contributed by atoms with van der Waals surface area (Å²) >= 11 is 0. The van der Waals surface area contributed by atoms with Crippen molar-refractivity contribution < 1.29 is 0 Å². The van der Waals surface area contributed by atoms with Gasteiger partial charge in [0.05, 0.1) is 22.8 Å². The second-order valence-corrected chi connectivity index (χ2v) is 16.5. The predicted octanol–water partition coefficient (Wildman–Crippen LogP) is 15.2. The normalized spacial score (nSPS) is 13.6. The van der Waals surface area contributed by atoms with Crippen molar-refractivity contribution >= 4 is 33.6 Å². The SMILES string of the molecule is Cc1cc(C)cc(-c2cccc(-c3cc(C)cc(C)c3)c2N=C2C(=Nc3c(-c4cc(C)cc(C)c4)cccc3-c3cc(C)cc(C)c3)c3cccc4cccc2c34)c1. The Balaban J connectivity index is 1.40. The van der Waals surface area contributed by atoms with E-state index in [1.54, 1.807) is 0 Å². The molecule has 0 aliphatic heterocycles. The minimum atomic E-state index is 0.885. The Morgan fingerprint density at radius 2 is 0.517 bits per heavy atom. The van der Waals surface area contributed by atoms with E-state index in [0.29, 0.717) is 0 Å². The van der Waals surface area contributed by atoms with Gasteiger partial charge in [-0.15, -0.1) is 0 Å². The average molecular weight is 749 g/mol. The fourth-order valence-electron chi connectivity index (χ4n) is 9.22. The molecular formula is C56H48N2. The van der Waals surface area contributed by atoms with Crippen molar-refractivity contribution in [3.8, 4) is 44.5 Å². The standard InChI is InChI=1S/C56H48N2/c1-33-21-34(2)26-42(25-33)46-15-11-16-47(43-27-35(3)22-36(4)28-43)53(46)57-55-50-19-9-13-41-14-10-20-51(52(41)50)56(55)58-54-48(44-29-37(5)23-38(6)30-44)17-12-18-49(54)45-31-39(7)24-40(8)32-45/h9-32H,1-8H3. The van der Waals surface area contributed by atoms with Crippen molar-refractivity contribution in [1.29, 1.82) is 0 Å². The highest BCUT2D eigenvalue weighted by Gasteiger charge is 2.29. The molecule has 0 unspecified atom stereocenters. The molecule has 2 heteroatoms. The van der Waals surface area contributed by atoms with Gasteiger partial charge in [0.25, 0.3) is 0 Å². The molecule has 0 fully saturated rings. The molecule has 0 bridgehead atoms. The lowest BCUT2D eigenvalue weighted by Crippen LogP contribution is -2.11. The van der Waals surface area contributed by atoms with E-state index in [4.69, 9.17) is 9.98 Å². The second kappa shape index (κ2) is 14.7. The van der Waals surface area contributed by atoms with Crippen molar-refractivity contribution in [2.45, 2.75) is 55.4 Å². The van der Waals surface area contributed by atoms with Crippen LogP contribution in [-0.2, 0) is 0 Å². The van der Waals surface area contributed by atoms with E-state index in [0.717, 1.165) is 78.4 Å². The van der Waals surface area contributed by atoms with Crippen LogP contribution >= 0.6 is 0 Å². The summed E-state index contributed by atoms with van der Waals surface area (Å²) in [6, 6.07) is 53.7. The summed E-state index contributed by atoms with van der Waals surface area (Å²) in [6.07, 6.45) is 0. The van der Waals surface area contributed by atoms with E-state index in [9.17, 15) is 0 Å². The van der Waals surface area contributed by atoms with Crippen LogP contribution < -0.4 is 0 Å². The number of nitrogens with zero attached hydrogens (tertiary/aromatic N) is 2. The molecule has 0 amide bonds. The van der Waals surface area contributed by atoms with Gasteiger partial charge >= 0.3 is 0 Å². The molecule has 0 aromatic heterocycles. The minimum Gasteiger partial charge on any atom is -0.245 e. The summed E-state index contributed by atoms with van der Waals surface area (Å²) in [5.74, 6) is 0. The van der Waals surface area contributed by atoms with Crippen LogP contribution in [0.2, 0.25) is 0 Å². The van der Waals surface area contributed by atoms with Crippen LogP contribution in [0.4, 0.5) is 11.4 Å². The first-order valence-corrected chi connectivity index (χ1v) is 20.3. The molecule has 2 nitrogen and oxygen atoms in total. The van der Waals surface area contributed by atoms with E-state index in [-0.39, 0.29) is 0 Å². The quantitative estimate of drug-likeness (QED) is 0.162. The highest BCUT2D eigenvalue weighted by Crippen LogP contribution is 2.45. The Hall–Kier alpha value is -6.64. The van der Waals surface area contributed by atoms with Crippen molar-refractivity contribution in [2.75, 3.05) is 0 Å². The third-order valence-electron chi connectivity index (χ3n) is 11.3. The molecular weight excluding hydrogens is 701 g/mol. The summed E-state index contributed by atoms with van der Waals surface area (Å²) in [7, 11) is 0. The highest BCUT2D eigenvalue weighted by molar-refractivity contribution is 6.61. The fourth-order valence-corrected chi connectivity index (χ4v) is 9.22. The second-order valence-electron chi connectivity index (χ2n) is 16.5. The van der Waals surface area contributed by atoms with Crippen LogP contribution in [0.1, 0.15) is 55.6 Å². The van der Waals surface area contributed by atoms with Gasteiger partial charge in [0.1, 0.15) is 0 Å². The molecule has 8 aromatic rings. The number of rotatable bonds is 6. The fraction of sp³-hybridized carbons (Fsp3) is 0.143. The summed E-state index contributed by atoms with van der Waals surface area (Å²) in [5.41, 5.74) is 24.7. The Labute approximate surface area is 343 Å². The van der Waals surface area contributed by atoms with Crippen LogP contribution in [-0.4, -0.2) is 11.4 Å². The summed E-state index contributed by atoms with van der Waals surface area (Å²) in [4.78, 5) is 11.8. The maximum absolute atomic E-state index is 5.89. The van der Waals surface area contributed by atoms with Crippen LogP contribution in [0, 0.1) is 55.4 Å². The molecule has 58 heavy (non-hydrogen) atoms. The predicted molar refractivity (Wildman–Crippen MR) is 249 cm³/mol. The molecule has 0 heterocycles. The zero-order chi connectivity index (χ0) is 40.2. The monoisotopic (exact) mass is 748 g/mol. The van der Waals surface area contributed by atoms with Gasteiger partial charge in [-0.1, -0.05) is 190 Å². The van der Waals surface area contributed by atoms with E-state index in [2.05, 4.69) is 201 Å². The van der Waals surface area contributed by atoms with Crippen molar-refractivity contribution in [1.82, 2.24) is 0 Å². The Kier molecular flexibility index (Phi) is 9.37. The van der Waals surface area contributed by atoms with Crippen LogP contribution in [0.3, 0.4) is 0 Å². The molecule has 282 valence electrons. The highest BCUT2D eigenvalue weighted by atomic mass is 14.8.